The smallest absolute Gasteiger partial charge is 0.217 e. The molecule has 148 valence electrons. The number of nitriles is 1. The lowest BCUT2D eigenvalue weighted by Crippen LogP contribution is -2.11. The number of benzene rings is 1. The molecule has 2 aromatic heterocycles. The number of aromatic nitrogens is 3. The Morgan fingerprint density at radius 2 is 2.14 bits per heavy atom. The van der Waals surface area contributed by atoms with Gasteiger partial charge < -0.3 is 15.6 Å². The molecule has 1 atom stereocenters. The summed E-state index contributed by atoms with van der Waals surface area (Å²) in [6.45, 7) is 0.135. The Morgan fingerprint density at radius 3 is 2.76 bits per heavy atom. The monoisotopic (exact) mass is 389 g/mol. The summed E-state index contributed by atoms with van der Waals surface area (Å²) in [4.78, 5) is 4.45. The number of aliphatic hydroxyl groups excluding tert-OH is 1. The van der Waals surface area contributed by atoms with E-state index in [0.29, 0.717) is 34.4 Å². The molecule has 1 aliphatic rings. The average Bonchev–Trinajstić information content (AvgIpc) is 3.05. The van der Waals surface area contributed by atoms with E-state index in [1.807, 2.05) is 25.2 Å². The third-order valence-corrected chi connectivity index (χ3v) is 5.37. The predicted octanol–water partition coefficient (Wildman–Crippen LogP) is 3.41. The maximum atomic E-state index is 9.88. The van der Waals surface area contributed by atoms with Crippen LogP contribution in [0.5, 0.6) is 11.6 Å². The minimum atomic E-state index is -0.743. The van der Waals surface area contributed by atoms with Crippen molar-refractivity contribution in [3.63, 3.8) is 0 Å². The highest BCUT2D eigenvalue weighted by atomic mass is 16.5. The summed E-state index contributed by atoms with van der Waals surface area (Å²) in [5, 5.41) is 23.8. The Hall–Kier alpha value is -3.21. The van der Waals surface area contributed by atoms with E-state index in [9.17, 15) is 10.4 Å². The Kier molecular flexibility index (Phi) is 5.30. The van der Waals surface area contributed by atoms with Crippen molar-refractivity contribution in [2.75, 3.05) is 6.54 Å². The van der Waals surface area contributed by atoms with Crippen molar-refractivity contribution < 1.29 is 9.84 Å². The SMILES string of the molecule is Cn1nc(C2CCC2)cc1Oc1cc(C#N)ccc1-c1ccc(C(O)CN)cn1. The molecule has 3 aromatic rings. The van der Waals surface area contributed by atoms with E-state index >= 15 is 0 Å². The zero-order valence-corrected chi connectivity index (χ0v) is 16.2. The first kappa shape index (κ1) is 19.1. The molecule has 1 saturated carbocycles. The summed E-state index contributed by atoms with van der Waals surface area (Å²) in [6.07, 6.45) is 4.43. The van der Waals surface area contributed by atoms with Crippen LogP contribution in [0.25, 0.3) is 11.3 Å². The van der Waals surface area contributed by atoms with Crippen LogP contribution in [-0.2, 0) is 7.05 Å². The average molecular weight is 389 g/mol. The summed E-state index contributed by atoms with van der Waals surface area (Å²) in [5.74, 6) is 1.66. The first-order chi connectivity index (χ1) is 14.1. The van der Waals surface area contributed by atoms with Crippen LogP contribution in [0.1, 0.15) is 48.1 Å². The van der Waals surface area contributed by atoms with Crippen LogP contribution in [0, 0.1) is 11.3 Å². The molecular weight excluding hydrogens is 366 g/mol. The topological polar surface area (TPSA) is 110 Å². The minimum Gasteiger partial charge on any atom is -0.439 e. The van der Waals surface area contributed by atoms with Crippen LogP contribution in [0.2, 0.25) is 0 Å². The van der Waals surface area contributed by atoms with E-state index in [4.69, 9.17) is 10.5 Å². The Morgan fingerprint density at radius 1 is 1.31 bits per heavy atom. The van der Waals surface area contributed by atoms with Crippen LogP contribution in [-0.4, -0.2) is 26.4 Å². The fraction of sp³-hybridized carbons (Fsp3) is 0.318. The number of hydrogen-bond acceptors (Lipinski definition) is 6. The van der Waals surface area contributed by atoms with E-state index < -0.39 is 6.10 Å². The largest absolute Gasteiger partial charge is 0.439 e. The summed E-state index contributed by atoms with van der Waals surface area (Å²) in [5.41, 5.74) is 9.15. The number of aryl methyl sites for hydroxylation is 1. The molecule has 3 N–H and O–H groups in total. The van der Waals surface area contributed by atoms with Gasteiger partial charge in [-0.2, -0.15) is 10.4 Å². The highest BCUT2D eigenvalue weighted by Gasteiger charge is 2.24. The van der Waals surface area contributed by atoms with Crippen LogP contribution in [0.4, 0.5) is 0 Å². The van der Waals surface area contributed by atoms with Crippen LogP contribution in [0.15, 0.2) is 42.6 Å². The molecule has 7 nitrogen and oxygen atoms in total. The second-order valence-corrected chi connectivity index (χ2v) is 7.31. The molecule has 7 heteroatoms. The van der Waals surface area contributed by atoms with Crippen LogP contribution >= 0.6 is 0 Å². The van der Waals surface area contributed by atoms with Crippen molar-refractivity contribution in [3.05, 3.63) is 59.4 Å². The van der Waals surface area contributed by atoms with Crippen molar-refractivity contribution in [2.45, 2.75) is 31.3 Å². The van der Waals surface area contributed by atoms with Gasteiger partial charge in [-0.25, -0.2) is 4.68 Å². The van der Waals surface area contributed by atoms with E-state index in [0.717, 1.165) is 24.1 Å². The van der Waals surface area contributed by atoms with Crippen molar-refractivity contribution in [1.29, 1.82) is 5.26 Å². The fourth-order valence-corrected chi connectivity index (χ4v) is 3.37. The van der Waals surface area contributed by atoms with E-state index in [1.54, 1.807) is 29.1 Å². The molecule has 0 bridgehead atoms. The lowest BCUT2D eigenvalue weighted by Gasteiger charge is -2.22. The summed E-state index contributed by atoms with van der Waals surface area (Å²) >= 11 is 0. The van der Waals surface area contributed by atoms with Crippen LogP contribution < -0.4 is 10.5 Å². The van der Waals surface area contributed by atoms with Gasteiger partial charge in [-0.15, -0.1) is 0 Å². The summed E-state index contributed by atoms with van der Waals surface area (Å²) < 4.78 is 7.90. The number of rotatable bonds is 6. The Balaban J connectivity index is 1.68. The standard InChI is InChI=1S/C22H23N5O2/c1-27-22(10-19(26-27)15-3-2-4-15)29-21-9-14(11-23)5-7-17(21)18-8-6-16(13-25-18)20(28)12-24/h5-10,13,15,20,28H,2-4,12,24H2,1H3. The normalized spacial score (nSPS) is 14.8. The van der Waals surface area contributed by atoms with Crippen molar-refractivity contribution in [2.24, 2.45) is 12.8 Å². The number of hydrogen-bond donors (Lipinski definition) is 2. The van der Waals surface area contributed by atoms with Gasteiger partial charge in [0.1, 0.15) is 5.75 Å². The predicted molar refractivity (Wildman–Crippen MR) is 108 cm³/mol. The molecule has 2 heterocycles. The maximum Gasteiger partial charge on any atom is 0.217 e. The second kappa shape index (κ2) is 8.03. The van der Waals surface area contributed by atoms with Gasteiger partial charge in [-0.3, -0.25) is 4.98 Å². The quantitative estimate of drug-likeness (QED) is 0.668. The third kappa shape index (κ3) is 3.86. The summed E-state index contributed by atoms with van der Waals surface area (Å²) in [6, 6.07) is 13.0. The molecule has 1 aromatic carbocycles. The molecule has 1 unspecified atom stereocenters. The number of nitrogens with two attached hydrogens (primary N) is 1. The molecule has 1 fully saturated rings. The van der Waals surface area contributed by atoms with E-state index in [2.05, 4.69) is 16.2 Å². The Labute approximate surface area is 169 Å². The molecule has 29 heavy (non-hydrogen) atoms. The maximum absolute atomic E-state index is 9.88. The van der Waals surface area contributed by atoms with Gasteiger partial charge in [-0.1, -0.05) is 12.5 Å². The third-order valence-electron chi connectivity index (χ3n) is 5.37. The molecular formula is C22H23N5O2. The first-order valence-corrected chi connectivity index (χ1v) is 9.69. The molecule has 0 spiro atoms. The van der Waals surface area contributed by atoms with Crippen LogP contribution in [0.3, 0.4) is 0 Å². The number of nitrogens with zero attached hydrogens (tertiary/aromatic N) is 4. The summed E-state index contributed by atoms with van der Waals surface area (Å²) in [7, 11) is 1.85. The molecule has 4 rings (SSSR count). The zero-order chi connectivity index (χ0) is 20.4. The lowest BCUT2D eigenvalue weighted by molar-refractivity contribution is 0.186. The molecule has 0 radical (unpaired) electrons. The number of ether oxygens (including phenoxy) is 1. The highest BCUT2D eigenvalue weighted by Crippen LogP contribution is 2.39. The van der Waals surface area contributed by atoms with Crippen molar-refractivity contribution in [1.82, 2.24) is 14.8 Å². The van der Waals surface area contributed by atoms with Gasteiger partial charge in [0.25, 0.3) is 0 Å². The van der Waals surface area contributed by atoms with Crippen molar-refractivity contribution >= 4 is 0 Å². The zero-order valence-electron chi connectivity index (χ0n) is 16.2. The lowest BCUT2D eigenvalue weighted by atomic mass is 9.83. The second-order valence-electron chi connectivity index (χ2n) is 7.31. The Bertz CT molecular complexity index is 1050. The van der Waals surface area contributed by atoms with Gasteiger partial charge in [0, 0.05) is 42.9 Å². The number of aliphatic hydroxyl groups is 1. The number of pyridine rings is 1. The van der Waals surface area contributed by atoms with Gasteiger partial charge in [0.05, 0.1) is 29.1 Å². The van der Waals surface area contributed by atoms with Gasteiger partial charge in [-0.05, 0) is 37.1 Å². The van der Waals surface area contributed by atoms with Gasteiger partial charge in [0.2, 0.25) is 5.88 Å². The molecule has 1 aliphatic carbocycles. The first-order valence-electron chi connectivity index (χ1n) is 9.69. The van der Waals surface area contributed by atoms with Gasteiger partial charge in [0.15, 0.2) is 0 Å². The highest BCUT2D eigenvalue weighted by molar-refractivity contribution is 5.69. The fourth-order valence-electron chi connectivity index (χ4n) is 3.37. The molecule has 0 amide bonds. The van der Waals surface area contributed by atoms with E-state index in [1.165, 1.54) is 6.42 Å². The van der Waals surface area contributed by atoms with Crippen molar-refractivity contribution in [3.8, 4) is 29.0 Å². The molecule has 0 saturated heterocycles. The molecule has 0 aliphatic heterocycles. The van der Waals surface area contributed by atoms with E-state index in [-0.39, 0.29) is 6.54 Å². The van der Waals surface area contributed by atoms with Gasteiger partial charge >= 0.3 is 0 Å². The minimum absolute atomic E-state index is 0.135.